The van der Waals surface area contributed by atoms with E-state index in [4.69, 9.17) is 9.26 Å². The molecule has 3 amide bonds. The number of nitrogens with zero attached hydrogens (tertiary/aromatic N) is 5. The largest absolute Gasteiger partial charge is 0.374 e. The fraction of sp³-hybridized carbons (Fsp3) is 0.366. The summed E-state index contributed by atoms with van der Waals surface area (Å²) in [7, 11) is -5.09. The molecule has 3 aliphatic rings. The minimum atomic E-state index is -5.09. The van der Waals surface area contributed by atoms with Crippen LogP contribution in [0.5, 0.6) is 0 Å². The van der Waals surface area contributed by atoms with E-state index in [-0.39, 0.29) is 36.0 Å². The molecule has 3 fully saturated rings. The van der Waals surface area contributed by atoms with Gasteiger partial charge >= 0.3 is 13.8 Å². The van der Waals surface area contributed by atoms with Gasteiger partial charge in [0, 0.05) is 31.0 Å². The van der Waals surface area contributed by atoms with E-state index < -0.39 is 49.5 Å². The Kier molecular flexibility index (Phi) is 10.8. The van der Waals surface area contributed by atoms with Crippen LogP contribution in [-0.4, -0.2) is 109 Å². The van der Waals surface area contributed by atoms with E-state index in [0.717, 1.165) is 16.0 Å². The van der Waals surface area contributed by atoms with Gasteiger partial charge in [-0.2, -0.15) is 0 Å². The second-order valence-corrected chi connectivity index (χ2v) is 16.8. The molecule has 302 valence electrons. The number of benzene rings is 4. The lowest BCUT2D eigenvalue weighted by Gasteiger charge is -2.37. The molecule has 3 N–H and O–H groups in total. The third-order valence-corrected chi connectivity index (χ3v) is 12.1. The zero-order chi connectivity index (χ0) is 40.7. The standard InChI is InChI=1S/C41H42FN6O9P/c1-25-7-13-35-33(19-25)37(44-57-35)41(51)45-16-15-31-12-14-36(48(52)46-17-18-56-32(23-46)20-26-5-3-2-4-6-26)47(31)40(50)34(24-45)43-39(49)29-11-9-27-8-10-28(21-30(27)22-29)38(42)58(53,54)55/h2-11,13,19,21-22,31-32,34,36,38H,12,14-18,20,23-24H2,1H3,(H2-,43,49,53,54,55)/p+1/t31-,32?,34+,36-,38?/m1/s1. The summed E-state index contributed by atoms with van der Waals surface area (Å²) in [4.78, 5) is 80.0. The van der Waals surface area contributed by atoms with E-state index in [9.17, 15) is 38.0 Å². The second-order valence-electron chi connectivity index (χ2n) is 15.2. The highest BCUT2D eigenvalue weighted by atomic mass is 31.2. The smallest absolute Gasteiger partial charge is 0.363 e. The van der Waals surface area contributed by atoms with Crippen molar-refractivity contribution in [2.24, 2.45) is 0 Å². The molecule has 4 aromatic carbocycles. The normalized spacial score (nSPS) is 22.1. The number of hydrogen-bond donors (Lipinski definition) is 3. The lowest BCUT2D eigenvalue weighted by atomic mass is 10.0. The predicted molar refractivity (Wildman–Crippen MR) is 209 cm³/mol. The van der Waals surface area contributed by atoms with Gasteiger partial charge in [0.2, 0.25) is 5.91 Å². The Bertz CT molecular complexity index is 2440. The molecule has 0 spiro atoms. The van der Waals surface area contributed by atoms with Crippen LogP contribution in [0, 0.1) is 11.8 Å². The summed E-state index contributed by atoms with van der Waals surface area (Å²) in [6, 6.07) is 22.1. The molecule has 15 nitrogen and oxygen atoms in total. The third kappa shape index (κ3) is 7.97. The molecule has 3 aliphatic heterocycles. The number of rotatable bonds is 9. The minimum Gasteiger partial charge on any atom is -0.374 e. The van der Waals surface area contributed by atoms with E-state index in [2.05, 4.69) is 10.5 Å². The van der Waals surface area contributed by atoms with Crippen molar-refractivity contribution in [3.8, 4) is 0 Å². The van der Waals surface area contributed by atoms with Gasteiger partial charge in [-0.15, -0.1) is 5.01 Å². The average molecular weight is 814 g/mol. The van der Waals surface area contributed by atoms with Crippen LogP contribution in [0.2, 0.25) is 0 Å². The number of morpholine rings is 1. The number of amides is 3. The third-order valence-electron chi connectivity index (χ3n) is 11.2. The van der Waals surface area contributed by atoms with E-state index in [1.54, 1.807) is 28.1 Å². The number of carbonyl (C=O) groups is 3. The quantitative estimate of drug-likeness (QED) is 0.134. The van der Waals surface area contributed by atoms with E-state index >= 15 is 0 Å². The molecule has 0 aliphatic carbocycles. The van der Waals surface area contributed by atoms with Crippen molar-refractivity contribution < 1.29 is 47.3 Å². The van der Waals surface area contributed by atoms with Gasteiger partial charge in [-0.25, -0.2) is 4.39 Å². The van der Waals surface area contributed by atoms with E-state index in [1.807, 2.05) is 43.3 Å². The van der Waals surface area contributed by atoms with Crippen LogP contribution in [0.15, 0.2) is 89.5 Å². The molecule has 4 heterocycles. The van der Waals surface area contributed by atoms with Crippen molar-refractivity contribution in [1.82, 2.24) is 25.3 Å². The zero-order valence-corrected chi connectivity index (χ0v) is 32.5. The average Bonchev–Trinajstić information content (AvgIpc) is 3.84. The number of ether oxygens (including phenoxy) is 1. The summed E-state index contributed by atoms with van der Waals surface area (Å²) >= 11 is 0. The molecule has 0 radical (unpaired) electrons. The molecule has 1 aromatic heterocycles. The number of carbonyl (C=O) groups excluding carboxylic acids is 3. The van der Waals surface area contributed by atoms with Gasteiger partial charge in [-0.05, 0) is 72.0 Å². The number of alkyl halides is 1. The molecule has 5 aromatic rings. The highest BCUT2D eigenvalue weighted by Crippen LogP contribution is 2.53. The maximum atomic E-state index is 14.8. The van der Waals surface area contributed by atoms with Gasteiger partial charge in [0.1, 0.15) is 24.0 Å². The summed E-state index contributed by atoms with van der Waals surface area (Å²) in [6.45, 7) is 2.85. The summed E-state index contributed by atoms with van der Waals surface area (Å²) in [5.74, 6) is -4.24. The molecule has 2 unspecified atom stereocenters. The number of fused-ring (bicyclic) bond motifs is 3. The first-order chi connectivity index (χ1) is 27.8. The Morgan fingerprint density at radius 1 is 0.983 bits per heavy atom. The summed E-state index contributed by atoms with van der Waals surface area (Å²) in [5, 5.41) is 10.0. The zero-order valence-electron chi connectivity index (χ0n) is 31.6. The summed E-state index contributed by atoms with van der Waals surface area (Å²) in [6.07, 6.45) is 0.778. The minimum absolute atomic E-state index is 0.0767. The molecule has 5 atom stereocenters. The van der Waals surface area contributed by atoms with Crippen LogP contribution >= 0.6 is 7.60 Å². The lowest BCUT2D eigenvalue weighted by Crippen LogP contribution is -2.62. The van der Waals surface area contributed by atoms with Crippen LogP contribution in [-0.2, 0) is 20.5 Å². The number of nitrogens with one attached hydrogen (secondary N) is 1. The molecular formula is C41H43FN6O9P+. The van der Waals surface area contributed by atoms with Gasteiger partial charge in [0.05, 0.1) is 29.5 Å². The number of hydrogen-bond acceptors (Lipinski definition) is 8. The Balaban J connectivity index is 1.08. The van der Waals surface area contributed by atoms with Gasteiger partial charge in [-0.1, -0.05) is 65.3 Å². The maximum Gasteiger partial charge on any atom is 0.363 e. The predicted octanol–water partition coefficient (Wildman–Crippen LogP) is 5.03. The van der Waals surface area contributed by atoms with Crippen molar-refractivity contribution in [3.63, 3.8) is 0 Å². The fourth-order valence-electron chi connectivity index (χ4n) is 8.28. The number of halogens is 1. The molecule has 17 heteroatoms. The van der Waals surface area contributed by atoms with E-state index in [1.165, 1.54) is 35.2 Å². The van der Waals surface area contributed by atoms with Crippen molar-refractivity contribution >= 4 is 47.1 Å². The second kappa shape index (κ2) is 16.0. The summed E-state index contributed by atoms with van der Waals surface area (Å²) < 4.78 is 37.7. The van der Waals surface area contributed by atoms with Crippen molar-refractivity contribution in [1.29, 1.82) is 0 Å². The molecule has 0 bridgehead atoms. The Labute approximate surface area is 332 Å². The monoisotopic (exact) mass is 813 g/mol. The van der Waals surface area contributed by atoms with Crippen molar-refractivity contribution in [3.05, 3.63) is 118 Å². The molecule has 8 rings (SSSR count). The topological polar surface area (TPSA) is 186 Å². The van der Waals surface area contributed by atoms with Gasteiger partial charge in [0.25, 0.3) is 17.7 Å². The highest BCUT2D eigenvalue weighted by molar-refractivity contribution is 7.51. The molecular weight excluding hydrogens is 770 g/mol. The molecule has 58 heavy (non-hydrogen) atoms. The van der Waals surface area contributed by atoms with Crippen LogP contribution < -0.4 is 5.32 Å². The lowest BCUT2D eigenvalue weighted by molar-refractivity contribution is -0.750. The highest BCUT2D eigenvalue weighted by Gasteiger charge is 2.52. The summed E-state index contributed by atoms with van der Waals surface area (Å²) in [5.41, 5.74) is 2.31. The Hall–Kier alpha value is -5.54. The van der Waals surface area contributed by atoms with Crippen LogP contribution in [0.4, 0.5) is 4.39 Å². The molecule has 0 saturated carbocycles. The number of hydrazine groups is 1. The first-order valence-corrected chi connectivity index (χ1v) is 20.9. The maximum absolute atomic E-state index is 14.8. The molecule has 3 saturated heterocycles. The number of aromatic nitrogens is 1. The van der Waals surface area contributed by atoms with E-state index in [0.29, 0.717) is 67.1 Å². The van der Waals surface area contributed by atoms with Crippen LogP contribution in [0.25, 0.3) is 21.7 Å². The van der Waals surface area contributed by atoms with Crippen LogP contribution in [0.1, 0.15) is 62.7 Å². The number of nitroso groups, excluding NO2 is 1. The van der Waals surface area contributed by atoms with Gasteiger partial charge in [-0.3, -0.25) is 23.8 Å². The Morgan fingerprint density at radius 3 is 2.57 bits per heavy atom. The van der Waals surface area contributed by atoms with Crippen molar-refractivity contribution in [2.75, 3.05) is 32.8 Å². The fourth-order valence-corrected chi connectivity index (χ4v) is 8.82. The SMILES string of the molecule is Cc1ccc2onc(C(=O)N3CC[C@H]4CC[C@@H]([N+](=O)N5CCOC(Cc6ccccc6)C5)N4C(=O)[C@@H](NC(=O)c4ccc5ccc(C(F)P(=O)(O)O)cc5c4)C3)c2c1. The first kappa shape index (κ1) is 39.3. The Morgan fingerprint density at radius 2 is 1.78 bits per heavy atom. The van der Waals surface area contributed by atoms with Gasteiger partial charge in [0.15, 0.2) is 11.3 Å². The first-order valence-electron chi connectivity index (χ1n) is 19.2. The number of aryl methyl sites for hydroxylation is 1. The van der Waals surface area contributed by atoms with Gasteiger partial charge < -0.3 is 29.3 Å². The van der Waals surface area contributed by atoms with Crippen molar-refractivity contribution in [2.45, 2.75) is 62.9 Å². The van der Waals surface area contributed by atoms with Crippen LogP contribution in [0.3, 0.4) is 0 Å².